The Bertz CT molecular complexity index is 672. The van der Waals surface area contributed by atoms with Crippen molar-refractivity contribution in [3.05, 3.63) is 41.7 Å². The van der Waals surface area contributed by atoms with Gasteiger partial charge in [0.25, 0.3) is 0 Å². The SMILES string of the molecule is FC(F)(F)c1ccccc1CCC1CCCN(CCCn2cnnn2)C1. The van der Waals surface area contributed by atoms with Gasteiger partial charge in [0.2, 0.25) is 0 Å². The molecule has 1 aromatic heterocycles. The number of nitrogens with zero attached hydrogens (tertiary/aromatic N) is 5. The van der Waals surface area contributed by atoms with Crippen LogP contribution in [0.3, 0.4) is 0 Å². The van der Waals surface area contributed by atoms with Gasteiger partial charge in [0.1, 0.15) is 6.33 Å². The third-order valence-electron chi connectivity index (χ3n) is 5.00. The highest BCUT2D eigenvalue weighted by Crippen LogP contribution is 2.33. The predicted molar refractivity (Wildman–Crippen MR) is 91.4 cm³/mol. The van der Waals surface area contributed by atoms with Crippen LogP contribution in [-0.4, -0.2) is 44.7 Å². The molecule has 1 atom stereocenters. The first-order valence-electron chi connectivity index (χ1n) is 9.10. The summed E-state index contributed by atoms with van der Waals surface area (Å²) in [6.07, 6.45) is 1.79. The van der Waals surface area contributed by atoms with E-state index in [1.807, 2.05) is 0 Å². The van der Waals surface area contributed by atoms with Crippen molar-refractivity contribution in [1.82, 2.24) is 25.1 Å². The van der Waals surface area contributed by atoms with E-state index in [1.165, 1.54) is 12.1 Å². The molecule has 2 aromatic rings. The van der Waals surface area contributed by atoms with Gasteiger partial charge in [-0.15, -0.1) is 5.10 Å². The second kappa shape index (κ2) is 8.62. The molecule has 0 N–H and O–H groups in total. The number of benzene rings is 1. The van der Waals surface area contributed by atoms with Crippen LogP contribution < -0.4 is 0 Å². The third kappa shape index (κ3) is 5.27. The quantitative estimate of drug-likeness (QED) is 0.752. The number of tetrazole rings is 1. The Kier molecular flexibility index (Phi) is 6.24. The van der Waals surface area contributed by atoms with Gasteiger partial charge in [0.15, 0.2) is 0 Å². The largest absolute Gasteiger partial charge is 0.416 e. The van der Waals surface area contributed by atoms with Crippen molar-refractivity contribution < 1.29 is 13.2 Å². The first-order chi connectivity index (χ1) is 12.5. The number of piperidine rings is 1. The van der Waals surface area contributed by atoms with Crippen LogP contribution in [0.1, 0.15) is 36.8 Å². The highest BCUT2D eigenvalue weighted by molar-refractivity contribution is 5.29. The van der Waals surface area contributed by atoms with Crippen LogP contribution in [0.5, 0.6) is 0 Å². The summed E-state index contributed by atoms with van der Waals surface area (Å²) in [5, 5.41) is 11.1. The number of likely N-dealkylation sites (tertiary alicyclic amines) is 1. The molecule has 0 amide bonds. The van der Waals surface area contributed by atoms with Crippen molar-refractivity contribution in [2.75, 3.05) is 19.6 Å². The van der Waals surface area contributed by atoms with E-state index in [4.69, 9.17) is 0 Å². The summed E-state index contributed by atoms with van der Waals surface area (Å²) in [6, 6.07) is 5.94. The molecule has 1 aliphatic rings. The average Bonchev–Trinajstić information content (AvgIpc) is 3.13. The van der Waals surface area contributed by atoms with Crippen LogP contribution in [0, 0.1) is 5.92 Å². The van der Waals surface area contributed by atoms with E-state index in [9.17, 15) is 13.2 Å². The van der Waals surface area contributed by atoms with Crippen molar-refractivity contribution in [3.63, 3.8) is 0 Å². The van der Waals surface area contributed by atoms with E-state index in [0.29, 0.717) is 17.9 Å². The Labute approximate surface area is 151 Å². The van der Waals surface area contributed by atoms with Crippen LogP contribution in [-0.2, 0) is 19.1 Å². The highest BCUT2D eigenvalue weighted by atomic mass is 19.4. The summed E-state index contributed by atoms with van der Waals surface area (Å²) >= 11 is 0. The number of aryl methyl sites for hydroxylation is 2. The van der Waals surface area contributed by atoms with Gasteiger partial charge in [0.05, 0.1) is 5.56 Å². The van der Waals surface area contributed by atoms with Gasteiger partial charge in [-0.3, -0.25) is 0 Å². The lowest BCUT2D eigenvalue weighted by Gasteiger charge is -2.33. The maximum Gasteiger partial charge on any atom is 0.416 e. The number of rotatable bonds is 7. The molecule has 3 rings (SSSR count). The Morgan fingerprint density at radius 3 is 2.77 bits per heavy atom. The lowest BCUT2D eigenvalue weighted by molar-refractivity contribution is -0.138. The number of hydrogen-bond donors (Lipinski definition) is 0. The minimum Gasteiger partial charge on any atom is -0.303 e. The van der Waals surface area contributed by atoms with Crippen LogP contribution in [0.4, 0.5) is 13.2 Å². The van der Waals surface area contributed by atoms with E-state index in [0.717, 1.165) is 51.9 Å². The van der Waals surface area contributed by atoms with Crippen LogP contribution >= 0.6 is 0 Å². The van der Waals surface area contributed by atoms with Gasteiger partial charge in [-0.1, -0.05) is 18.2 Å². The first kappa shape index (κ1) is 18.8. The monoisotopic (exact) mass is 367 g/mol. The maximum atomic E-state index is 13.1. The van der Waals surface area contributed by atoms with E-state index >= 15 is 0 Å². The molecule has 0 radical (unpaired) electrons. The molecular weight excluding hydrogens is 343 g/mol. The van der Waals surface area contributed by atoms with Crippen molar-refractivity contribution >= 4 is 0 Å². The molecular formula is C18H24F3N5. The minimum atomic E-state index is -4.27. The zero-order valence-corrected chi connectivity index (χ0v) is 14.7. The summed E-state index contributed by atoms with van der Waals surface area (Å²) in [5.74, 6) is 0.457. The van der Waals surface area contributed by atoms with Gasteiger partial charge in [0, 0.05) is 13.1 Å². The lowest BCUT2D eigenvalue weighted by Crippen LogP contribution is -2.36. The number of halogens is 3. The highest BCUT2D eigenvalue weighted by Gasteiger charge is 2.33. The molecule has 1 unspecified atom stereocenters. The molecule has 26 heavy (non-hydrogen) atoms. The minimum absolute atomic E-state index is 0.413. The molecule has 1 saturated heterocycles. The molecule has 0 bridgehead atoms. The van der Waals surface area contributed by atoms with Gasteiger partial charge >= 0.3 is 6.18 Å². The summed E-state index contributed by atoms with van der Waals surface area (Å²) in [6.45, 7) is 3.78. The second-order valence-electron chi connectivity index (χ2n) is 6.93. The number of hydrogen-bond acceptors (Lipinski definition) is 4. The van der Waals surface area contributed by atoms with Gasteiger partial charge in [-0.2, -0.15) is 13.2 Å². The third-order valence-corrected chi connectivity index (χ3v) is 5.00. The average molecular weight is 367 g/mol. The Morgan fingerprint density at radius 1 is 1.15 bits per heavy atom. The maximum absolute atomic E-state index is 13.1. The Balaban J connectivity index is 1.47. The van der Waals surface area contributed by atoms with Crippen molar-refractivity contribution in [3.8, 4) is 0 Å². The molecule has 1 aromatic carbocycles. The number of aromatic nitrogens is 4. The van der Waals surface area contributed by atoms with Gasteiger partial charge in [-0.25, -0.2) is 4.68 Å². The topological polar surface area (TPSA) is 46.8 Å². The van der Waals surface area contributed by atoms with E-state index in [2.05, 4.69) is 20.4 Å². The molecule has 1 fully saturated rings. The van der Waals surface area contributed by atoms with Gasteiger partial charge < -0.3 is 4.90 Å². The fourth-order valence-corrected chi connectivity index (χ4v) is 3.70. The summed E-state index contributed by atoms with van der Waals surface area (Å²) < 4.78 is 41.0. The molecule has 142 valence electrons. The number of alkyl halides is 3. The molecule has 0 saturated carbocycles. The molecule has 0 aliphatic carbocycles. The van der Waals surface area contributed by atoms with Crippen molar-refractivity contribution in [2.24, 2.45) is 5.92 Å². The molecule has 1 aliphatic heterocycles. The fourth-order valence-electron chi connectivity index (χ4n) is 3.70. The van der Waals surface area contributed by atoms with E-state index in [1.54, 1.807) is 23.1 Å². The van der Waals surface area contributed by atoms with Crippen LogP contribution in [0.25, 0.3) is 0 Å². The second-order valence-corrected chi connectivity index (χ2v) is 6.93. The molecule has 5 nitrogen and oxygen atoms in total. The zero-order chi connectivity index (χ0) is 18.4. The predicted octanol–water partition coefficient (Wildman–Crippen LogP) is 3.43. The smallest absolute Gasteiger partial charge is 0.303 e. The molecule has 0 spiro atoms. The first-order valence-corrected chi connectivity index (χ1v) is 9.10. The van der Waals surface area contributed by atoms with Crippen molar-refractivity contribution in [1.29, 1.82) is 0 Å². The van der Waals surface area contributed by atoms with E-state index in [-0.39, 0.29) is 0 Å². The van der Waals surface area contributed by atoms with Crippen molar-refractivity contribution in [2.45, 2.75) is 44.8 Å². The normalized spacial score (nSPS) is 19.0. The zero-order valence-electron chi connectivity index (χ0n) is 14.7. The van der Waals surface area contributed by atoms with E-state index < -0.39 is 11.7 Å². The fraction of sp³-hybridized carbons (Fsp3) is 0.611. The lowest BCUT2D eigenvalue weighted by atomic mass is 9.90. The molecule has 8 heteroatoms. The van der Waals surface area contributed by atoms with Crippen LogP contribution in [0.15, 0.2) is 30.6 Å². The summed E-state index contributed by atoms with van der Waals surface area (Å²) in [7, 11) is 0. The Hall–Kier alpha value is -1.96. The standard InChI is InChI=1S/C18H24F3N5/c19-18(20,21)17-7-2-1-6-16(17)9-8-15-5-3-10-25(13-15)11-4-12-26-14-22-23-24-26/h1-2,6-7,14-15H,3-5,8-13H2. The van der Waals surface area contributed by atoms with Gasteiger partial charge in [-0.05, 0) is 73.2 Å². The summed E-state index contributed by atoms with van der Waals surface area (Å²) in [4.78, 5) is 2.41. The van der Waals surface area contributed by atoms with Crippen LogP contribution in [0.2, 0.25) is 0 Å². The summed E-state index contributed by atoms with van der Waals surface area (Å²) in [5.41, 5.74) is -0.0788. The Morgan fingerprint density at radius 2 is 2.00 bits per heavy atom. The molecule has 2 heterocycles.